The Labute approximate surface area is 123 Å². The first-order valence-electron chi connectivity index (χ1n) is 6.60. The maximum Gasteiger partial charge on any atom is 0.255 e. The van der Waals surface area contributed by atoms with Crippen LogP contribution < -0.4 is 5.32 Å². The fourth-order valence-corrected chi connectivity index (χ4v) is 2.87. The van der Waals surface area contributed by atoms with Gasteiger partial charge >= 0.3 is 0 Å². The zero-order valence-electron chi connectivity index (χ0n) is 11.0. The van der Waals surface area contributed by atoms with Crippen molar-refractivity contribution >= 4 is 29.1 Å². The van der Waals surface area contributed by atoms with Crippen LogP contribution in [0.1, 0.15) is 30.1 Å². The van der Waals surface area contributed by atoms with Gasteiger partial charge in [0.05, 0.1) is 15.6 Å². The van der Waals surface area contributed by atoms with Gasteiger partial charge in [-0.05, 0) is 38.4 Å². The van der Waals surface area contributed by atoms with Gasteiger partial charge in [-0.25, -0.2) is 0 Å². The highest BCUT2D eigenvalue weighted by Crippen LogP contribution is 2.27. The first kappa shape index (κ1) is 14.6. The first-order chi connectivity index (χ1) is 9.15. The number of carbonyl (C=O) groups excluding carboxylic acids is 1. The van der Waals surface area contributed by atoms with Crippen LogP contribution in [0.3, 0.4) is 0 Å². The molecule has 1 heterocycles. The normalized spacial score (nSPS) is 19.2. The second-order valence-corrected chi connectivity index (χ2v) is 5.48. The summed E-state index contributed by atoms with van der Waals surface area (Å²) < 4.78 is 0. The van der Waals surface area contributed by atoms with Gasteiger partial charge in [0.25, 0.3) is 5.91 Å². The number of hydrogen-bond donors (Lipinski definition) is 1. The average molecular weight is 301 g/mol. The van der Waals surface area contributed by atoms with Crippen LogP contribution in [0.25, 0.3) is 0 Å². The van der Waals surface area contributed by atoms with Gasteiger partial charge in [-0.15, -0.1) is 0 Å². The Kier molecular flexibility index (Phi) is 5.08. The van der Waals surface area contributed by atoms with Crippen molar-refractivity contribution in [1.29, 1.82) is 0 Å². The van der Waals surface area contributed by atoms with Crippen LogP contribution in [0, 0.1) is 0 Å². The Hall–Kier alpha value is -0.770. The van der Waals surface area contributed by atoms with Gasteiger partial charge in [0.15, 0.2) is 0 Å². The van der Waals surface area contributed by atoms with E-state index < -0.39 is 0 Å². The lowest BCUT2D eigenvalue weighted by molar-refractivity contribution is 0.0662. The van der Waals surface area contributed by atoms with E-state index in [1.54, 1.807) is 18.2 Å². The van der Waals surface area contributed by atoms with Crippen LogP contribution in [0.4, 0.5) is 0 Å². The number of piperidine rings is 1. The minimum absolute atomic E-state index is 0.0382. The minimum atomic E-state index is -0.0382. The summed E-state index contributed by atoms with van der Waals surface area (Å²) in [5.41, 5.74) is 0.488. The zero-order valence-corrected chi connectivity index (χ0v) is 12.5. The van der Waals surface area contributed by atoms with Crippen molar-refractivity contribution in [2.75, 3.05) is 19.6 Å². The molecule has 0 aromatic heterocycles. The van der Waals surface area contributed by atoms with Gasteiger partial charge in [0.2, 0.25) is 0 Å². The van der Waals surface area contributed by atoms with Gasteiger partial charge in [-0.3, -0.25) is 4.79 Å². The Balaban J connectivity index is 2.22. The summed E-state index contributed by atoms with van der Waals surface area (Å²) in [5.74, 6) is -0.0382. The largest absolute Gasteiger partial charge is 0.335 e. The molecule has 1 atom stereocenters. The van der Waals surface area contributed by atoms with E-state index in [2.05, 4.69) is 5.32 Å². The molecule has 2 rings (SSSR count). The fourth-order valence-electron chi connectivity index (χ4n) is 2.49. The summed E-state index contributed by atoms with van der Waals surface area (Å²) >= 11 is 12.1. The zero-order chi connectivity index (χ0) is 13.8. The lowest BCUT2D eigenvalue weighted by atomic mass is 10.0. The Morgan fingerprint density at radius 3 is 2.89 bits per heavy atom. The molecule has 0 aliphatic carbocycles. The quantitative estimate of drug-likeness (QED) is 0.930. The Bertz CT molecular complexity index is 459. The molecule has 1 aliphatic heterocycles. The fraction of sp³-hybridized carbons (Fsp3) is 0.500. The topological polar surface area (TPSA) is 32.3 Å². The molecule has 3 nitrogen and oxygen atoms in total. The Morgan fingerprint density at radius 2 is 2.26 bits per heavy atom. The van der Waals surface area contributed by atoms with Gasteiger partial charge in [-0.1, -0.05) is 29.3 Å². The molecule has 104 valence electrons. The SMILES string of the molecule is CCN(C(=O)c1cccc(Cl)c1Cl)C1CCCNC1. The molecule has 0 bridgehead atoms. The van der Waals surface area contributed by atoms with Gasteiger partial charge in [0, 0.05) is 19.1 Å². The van der Waals surface area contributed by atoms with Crippen molar-refractivity contribution in [3.8, 4) is 0 Å². The van der Waals surface area contributed by atoms with Gasteiger partial charge < -0.3 is 10.2 Å². The minimum Gasteiger partial charge on any atom is -0.335 e. The van der Waals surface area contributed by atoms with E-state index in [9.17, 15) is 4.79 Å². The van der Waals surface area contributed by atoms with E-state index in [1.807, 2.05) is 11.8 Å². The third-order valence-corrected chi connectivity index (χ3v) is 4.31. The number of nitrogens with zero attached hydrogens (tertiary/aromatic N) is 1. The highest BCUT2D eigenvalue weighted by molar-refractivity contribution is 6.43. The van der Waals surface area contributed by atoms with Crippen LogP contribution in [0.15, 0.2) is 18.2 Å². The monoisotopic (exact) mass is 300 g/mol. The number of benzene rings is 1. The number of hydrogen-bond acceptors (Lipinski definition) is 2. The van der Waals surface area contributed by atoms with E-state index in [0.29, 0.717) is 22.2 Å². The molecule has 1 amide bonds. The lowest BCUT2D eigenvalue weighted by Crippen LogP contribution is -2.48. The summed E-state index contributed by atoms with van der Waals surface area (Å²) in [5, 5.41) is 4.09. The molecule has 1 aromatic rings. The molecule has 1 unspecified atom stereocenters. The highest BCUT2D eigenvalue weighted by Gasteiger charge is 2.26. The van der Waals surface area contributed by atoms with E-state index in [0.717, 1.165) is 25.9 Å². The molecular formula is C14H18Cl2N2O. The molecule has 5 heteroatoms. The van der Waals surface area contributed by atoms with Gasteiger partial charge in [0.1, 0.15) is 0 Å². The van der Waals surface area contributed by atoms with Crippen LogP contribution in [-0.2, 0) is 0 Å². The summed E-state index contributed by atoms with van der Waals surface area (Å²) in [7, 11) is 0. The van der Waals surface area contributed by atoms with E-state index in [-0.39, 0.29) is 11.9 Å². The van der Waals surface area contributed by atoms with Crippen molar-refractivity contribution in [2.24, 2.45) is 0 Å². The number of carbonyl (C=O) groups is 1. The molecule has 1 N–H and O–H groups in total. The second-order valence-electron chi connectivity index (χ2n) is 4.69. The summed E-state index contributed by atoms with van der Waals surface area (Å²) in [6.45, 7) is 4.54. The van der Waals surface area contributed by atoms with Crippen molar-refractivity contribution in [1.82, 2.24) is 10.2 Å². The van der Waals surface area contributed by atoms with Crippen molar-refractivity contribution in [3.05, 3.63) is 33.8 Å². The van der Waals surface area contributed by atoms with Crippen molar-refractivity contribution in [2.45, 2.75) is 25.8 Å². The molecule has 1 aromatic carbocycles. The average Bonchev–Trinajstić information content (AvgIpc) is 2.44. The molecule has 1 aliphatic rings. The standard InChI is InChI=1S/C14H18Cl2N2O/c1-2-18(10-5-4-8-17-9-10)14(19)11-6-3-7-12(15)13(11)16/h3,6-7,10,17H,2,4-5,8-9H2,1H3. The maximum atomic E-state index is 12.6. The smallest absolute Gasteiger partial charge is 0.255 e. The van der Waals surface area contributed by atoms with Crippen LogP contribution in [0.5, 0.6) is 0 Å². The van der Waals surface area contributed by atoms with Crippen molar-refractivity contribution < 1.29 is 4.79 Å². The summed E-state index contributed by atoms with van der Waals surface area (Å²) in [6, 6.07) is 5.42. The Morgan fingerprint density at radius 1 is 1.47 bits per heavy atom. The predicted molar refractivity (Wildman–Crippen MR) is 79.1 cm³/mol. The molecule has 0 spiro atoms. The van der Waals surface area contributed by atoms with Crippen molar-refractivity contribution in [3.63, 3.8) is 0 Å². The maximum absolute atomic E-state index is 12.6. The lowest BCUT2D eigenvalue weighted by Gasteiger charge is -2.34. The molecule has 1 saturated heterocycles. The summed E-state index contributed by atoms with van der Waals surface area (Å²) in [6.07, 6.45) is 2.13. The predicted octanol–water partition coefficient (Wildman–Crippen LogP) is 3.21. The van der Waals surface area contributed by atoms with Crippen LogP contribution in [0.2, 0.25) is 10.0 Å². The van der Waals surface area contributed by atoms with E-state index in [4.69, 9.17) is 23.2 Å². The van der Waals surface area contributed by atoms with Gasteiger partial charge in [-0.2, -0.15) is 0 Å². The molecule has 19 heavy (non-hydrogen) atoms. The number of likely N-dealkylation sites (N-methyl/N-ethyl adjacent to an activating group) is 1. The van der Waals surface area contributed by atoms with Crippen LogP contribution >= 0.6 is 23.2 Å². The van der Waals surface area contributed by atoms with Crippen LogP contribution in [-0.4, -0.2) is 36.5 Å². The number of halogens is 2. The number of nitrogens with one attached hydrogen (secondary N) is 1. The van der Waals surface area contributed by atoms with E-state index in [1.165, 1.54) is 0 Å². The highest BCUT2D eigenvalue weighted by atomic mass is 35.5. The molecular weight excluding hydrogens is 283 g/mol. The molecule has 1 fully saturated rings. The summed E-state index contributed by atoms with van der Waals surface area (Å²) in [4.78, 5) is 14.5. The first-order valence-corrected chi connectivity index (χ1v) is 7.36. The van der Waals surface area contributed by atoms with E-state index >= 15 is 0 Å². The number of rotatable bonds is 3. The number of amides is 1. The third kappa shape index (κ3) is 3.22. The molecule has 0 saturated carbocycles. The molecule has 0 radical (unpaired) electrons. The second kappa shape index (κ2) is 6.60. The third-order valence-electron chi connectivity index (χ3n) is 3.50.